The van der Waals surface area contributed by atoms with Crippen molar-refractivity contribution in [1.82, 2.24) is 14.9 Å². The topological polar surface area (TPSA) is 107 Å². The van der Waals surface area contributed by atoms with E-state index in [-0.39, 0.29) is 30.2 Å². The maximum Gasteiger partial charge on any atom is 0.171 e. The van der Waals surface area contributed by atoms with Crippen molar-refractivity contribution in [3.63, 3.8) is 0 Å². The van der Waals surface area contributed by atoms with Gasteiger partial charge in [-0.25, -0.2) is 13.8 Å². The van der Waals surface area contributed by atoms with Gasteiger partial charge in [0.05, 0.1) is 14.2 Å². The van der Waals surface area contributed by atoms with Crippen LogP contribution in [0.1, 0.15) is 16.7 Å². The van der Waals surface area contributed by atoms with Crippen molar-refractivity contribution in [2.75, 3.05) is 33.9 Å². The molecular formula is C24H27F2N5O3. The number of nitrogens with one attached hydrogen (secondary N) is 1. The lowest BCUT2D eigenvalue weighted by Gasteiger charge is -2.24. The number of benzene rings is 1. The van der Waals surface area contributed by atoms with Crippen LogP contribution >= 0.6 is 0 Å². The zero-order valence-electron chi connectivity index (χ0n) is 19.0. The molecule has 10 heteroatoms. The molecule has 0 atom stereocenters. The van der Waals surface area contributed by atoms with Crippen molar-refractivity contribution in [2.45, 2.75) is 13.2 Å². The number of aliphatic imine (C=N–C) groups is 1. The Morgan fingerprint density at radius 1 is 1.26 bits per heavy atom. The number of halogens is 2. The number of pyridine rings is 1. The lowest BCUT2D eigenvalue weighted by atomic mass is 10.0. The van der Waals surface area contributed by atoms with Gasteiger partial charge in [-0.3, -0.25) is 4.99 Å². The van der Waals surface area contributed by atoms with Crippen molar-refractivity contribution in [3.8, 4) is 11.5 Å². The Morgan fingerprint density at radius 2 is 1.97 bits per heavy atom. The Bertz CT molecular complexity index is 1220. The fourth-order valence-corrected chi connectivity index (χ4v) is 3.92. The summed E-state index contributed by atoms with van der Waals surface area (Å²) in [6.45, 7) is 2.26. The third-order valence-electron chi connectivity index (χ3n) is 5.95. The van der Waals surface area contributed by atoms with Crippen LogP contribution in [0.4, 0.5) is 8.78 Å². The van der Waals surface area contributed by atoms with Gasteiger partial charge in [-0.1, -0.05) is 0 Å². The molecule has 180 valence electrons. The molecule has 0 amide bonds. The molecule has 3 aromatic rings. The Hall–Kier alpha value is -3.50. The van der Waals surface area contributed by atoms with Gasteiger partial charge < -0.3 is 30.2 Å². The van der Waals surface area contributed by atoms with Crippen LogP contribution in [0.15, 0.2) is 35.7 Å². The molecule has 8 nitrogen and oxygen atoms in total. The molecule has 1 aliphatic heterocycles. The average molecular weight is 472 g/mol. The van der Waals surface area contributed by atoms with Gasteiger partial charge in [-0.2, -0.15) is 0 Å². The highest BCUT2D eigenvalue weighted by molar-refractivity contribution is 6.10. The first-order valence-corrected chi connectivity index (χ1v) is 10.8. The number of rotatable bonds is 9. The number of nitrogens with zero attached hydrogens (tertiary/aromatic N) is 3. The van der Waals surface area contributed by atoms with Crippen molar-refractivity contribution in [1.29, 1.82) is 0 Å². The molecule has 0 spiro atoms. The summed E-state index contributed by atoms with van der Waals surface area (Å²) in [6.07, 6.45) is 6.29. The fourth-order valence-electron chi connectivity index (χ4n) is 3.92. The molecule has 1 saturated heterocycles. The number of aliphatic hydroxyl groups excluding tert-OH is 1. The molecule has 4 rings (SSSR count). The molecule has 0 aliphatic carbocycles. The van der Waals surface area contributed by atoms with Gasteiger partial charge in [0.2, 0.25) is 0 Å². The van der Waals surface area contributed by atoms with Gasteiger partial charge in [0.1, 0.15) is 12.4 Å². The minimum atomic E-state index is -0.810. The first-order valence-electron chi connectivity index (χ1n) is 10.8. The predicted octanol–water partition coefficient (Wildman–Crippen LogP) is 2.46. The predicted molar refractivity (Wildman–Crippen MR) is 126 cm³/mol. The summed E-state index contributed by atoms with van der Waals surface area (Å²) in [4.78, 5) is 8.94. The molecule has 1 fully saturated rings. The molecule has 34 heavy (non-hydrogen) atoms. The van der Waals surface area contributed by atoms with Crippen molar-refractivity contribution in [2.24, 2.45) is 16.6 Å². The lowest BCUT2D eigenvalue weighted by Crippen LogP contribution is -2.43. The van der Waals surface area contributed by atoms with Crippen molar-refractivity contribution >= 4 is 22.8 Å². The molecule has 0 radical (unpaired) electrons. The van der Waals surface area contributed by atoms with Gasteiger partial charge in [0, 0.05) is 84.9 Å². The molecule has 0 unspecified atom stereocenters. The summed E-state index contributed by atoms with van der Waals surface area (Å²) in [7, 11) is 2.61. The highest BCUT2D eigenvalue weighted by atomic mass is 19.1. The van der Waals surface area contributed by atoms with Crippen LogP contribution in [-0.4, -0.2) is 54.7 Å². The van der Waals surface area contributed by atoms with Crippen molar-refractivity contribution in [3.05, 3.63) is 59.1 Å². The second kappa shape index (κ2) is 10.2. The lowest BCUT2D eigenvalue weighted by molar-refractivity contribution is 0.214. The summed E-state index contributed by atoms with van der Waals surface area (Å²) in [5.41, 5.74) is 8.06. The summed E-state index contributed by atoms with van der Waals surface area (Å²) >= 11 is 0. The Balaban J connectivity index is 1.74. The van der Waals surface area contributed by atoms with E-state index in [1.165, 1.54) is 31.1 Å². The van der Waals surface area contributed by atoms with E-state index < -0.39 is 11.6 Å². The zero-order chi connectivity index (χ0) is 24.2. The smallest absolute Gasteiger partial charge is 0.171 e. The van der Waals surface area contributed by atoms with Gasteiger partial charge in [0.15, 0.2) is 23.1 Å². The van der Waals surface area contributed by atoms with Crippen LogP contribution in [0.5, 0.6) is 11.5 Å². The van der Waals surface area contributed by atoms with Crippen LogP contribution < -0.4 is 20.5 Å². The number of methoxy groups -OCH3 is 2. The molecule has 4 N–H and O–H groups in total. The van der Waals surface area contributed by atoms with Gasteiger partial charge in [-0.15, -0.1) is 0 Å². The normalized spacial score (nSPS) is 14.7. The maximum absolute atomic E-state index is 15.0. The molecule has 1 aromatic carbocycles. The van der Waals surface area contributed by atoms with E-state index in [1.54, 1.807) is 18.6 Å². The van der Waals surface area contributed by atoms with E-state index in [9.17, 15) is 13.9 Å². The molecule has 3 heterocycles. The Kier molecular flexibility index (Phi) is 7.09. The summed E-state index contributed by atoms with van der Waals surface area (Å²) in [5.74, 6) is -1.34. The average Bonchev–Trinajstić information content (AvgIpc) is 3.17. The monoisotopic (exact) mass is 471 g/mol. The summed E-state index contributed by atoms with van der Waals surface area (Å²) in [5, 5.41) is 13.6. The fraction of sp³-hybridized carbons (Fsp3) is 0.333. The van der Waals surface area contributed by atoms with E-state index in [0.717, 1.165) is 13.1 Å². The zero-order valence-corrected chi connectivity index (χ0v) is 19.0. The van der Waals surface area contributed by atoms with E-state index in [2.05, 4.69) is 15.3 Å². The third kappa shape index (κ3) is 4.46. The van der Waals surface area contributed by atoms with Crippen molar-refractivity contribution < 1.29 is 23.4 Å². The van der Waals surface area contributed by atoms with Gasteiger partial charge in [0.25, 0.3) is 0 Å². The van der Waals surface area contributed by atoms with E-state index in [1.807, 2.05) is 6.07 Å². The van der Waals surface area contributed by atoms with Crippen LogP contribution in [0.2, 0.25) is 0 Å². The second-order valence-corrected chi connectivity index (χ2v) is 8.07. The van der Waals surface area contributed by atoms with Gasteiger partial charge in [-0.05, 0) is 11.6 Å². The number of ether oxygens (including phenoxy) is 2. The first kappa shape index (κ1) is 23.7. The standard InChI is InChI=1S/C24H27F2N5O3/c1-33-20-5-21(34-2)23(26)19(22(20)25)4-16-12-31(13-32)24-18(16)3-15(11-30-24)17(6-27)10-29-9-14-7-28-8-14/h3,5-6,10-12,14,28,32H,4,7-9,13,27H2,1-2H3. The number of hydrogen-bond acceptors (Lipinski definition) is 7. The van der Waals surface area contributed by atoms with Gasteiger partial charge >= 0.3 is 0 Å². The summed E-state index contributed by atoms with van der Waals surface area (Å²) in [6, 6.07) is 2.99. The first-order chi connectivity index (χ1) is 16.5. The molecule has 0 saturated carbocycles. The quantitative estimate of drug-likeness (QED) is 0.414. The number of allylic oxidation sites excluding steroid dienone is 1. The highest BCUT2D eigenvalue weighted by Gasteiger charge is 2.22. The van der Waals surface area contributed by atoms with E-state index >= 15 is 0 Å². The number of hydrogen-bond donors (Lipinski definition) is 3. The van der Waals surface area contributed by atoms with Crippen LogP contribution in [0.3, 0.4) is 0 Å². The third-order valence-corrected chi connectivity index (χ3v) is 5.95. The number of nitrogens with two attached hydrogens (primary N) is 1. The highest BCUT2D eigenvalue weighted by Crippen LogP contribution is 2.34. The second-order valence-electron chi connectivity index (χ2n) is 8.07. The summed E-state index contributed by atoms with van der Waals surface area (Å²) < 4.78 is 41.6. The van der Waals surface area contributed by atoms with Crippen LogP contribution in [-0.2, 0) is 13.2 Å². The SMILES string of the molecule is COc1cc(OC)c(F)c(Cc2cn(CO)c3ncc(C(C=NCC4CNC4)=CN)cc23)c1F. The maximum atomic E-state index is 15.0. The van der Waals surface area contributed by atoms with Crippen LogP contribution in [0, 0.1) is 17.6 Å². The van der Waals surface area contributed by atoms with E-state index in [0.29, 0.717) is 40.2 Å². The number of aromatic nitrogens is 2. The molecular weight excluding hydrogens is 444 g/mol. The Morgan fingerprint density at radius 3 is 2.53 bits per heavy atom. The molecule has 0 bridgehead atoms. The number of fused-ring (bicyclic) bond motifs is 1. The van der Waals surface area contributed by atoms with E-state index in [4.69, 9.17) is 15.2 Å². The minimum Gasteiger partial charge on any atom is -0.494 e. The Labute approximate surface area is 195 Å². The number of aliphatic hydroxyl groups is 1. The van der Waals surface area contributed by atoms with Crippen LogP contribution in [0.25, 0.3) is 16.6 Å². The minimum absolute atomic E-state index is 0.107. The largest absolute Gasteiger partial charge is 0.494 e. The molecule has 1 aliphatic rings. The molecule has 2 aromatic heterocycles.